The molecule has 2 rings (SSSR count). The number of aliphatic hydroxyl groups is 1. The van der Waals surface area contributed by atoms with Gasteiger partial charge >= 0.3 is 0 Å². The molecule has 0 aliphatic heterocycles. The maximum absolute atomic E-state index is 9.37. The highest BCUT2D eigenvalue weighted by molar-refractivity contribution is 6.28. The van der Waals surface area contributed by atoms with E-state index >= 15 is 0 Å². The van der Waals surface area contributed by atoms with Crippen molar-refractivity contribution in [2.45, 2.75) is 64.3 Å². The number of hydrogen-bond acceptors (Lipinski definition) is 5. The third-order valence-corrected chi connectivity index (χ3v) is 4.34. The number of anilines is 1. The average Bonchev–Trinajstić information content (AvgIpc) is 2.93. The molecule has 1 unspecified atom stereocenters. The molecule has 2 aromatic heterocycles. The minimum Gasteiger partial charge on any atom is -0.396 e. The van der Waals surface area contributed by atoms with Gasteiger partial charge in [-0.2, -0.15) is 9.97 Å². The van der Waals surface area contributed by atoms with E-state index in [1.807, 2.05) is 4.57 Å². The van der Waals surface area contributed by atoms with E-state index in [4.69, 9.17) is 17.3 Å². The smallest absolute Gasteiger partial charge is 0.226 e. The topological polar surface area (TPSA) is 89.8 Å². The zero-order valence-electron chi connectivity index (χ0n) is 13.7. The minimum absolute atomic E-state index is 0.124. The van der Waals surface area contributed by atoms with Gasteiger partial charge in [0.2, 0.25) is 5.28 Å². The van der Waals surface area contributed by atoms with E-state index in [-0.39, 0.29) is 17.9 Å². The van der Waals surface area contributed by atoms with Gasteiger partial charge in [-0.05, 0) is 24.4 Å². The number of nitrogens with two attached hydrogens (primary N) is 1. The zero-order valence-corrected chi connectivity index (χ0v) is 14.5. The van der Waals surface area contributed by atoms with Gasteiger partial charge in [-0.1, -0.05) is 45.4 Å². The molecule has 3 N–H and O–H groups in total. The number of nitrogens with zero attached hydrogens (tertiary/aromatic N) is 4. The number of unbranched alkanes of at least 4 members (excludes halogenated alkanes) is 5. The van der Waals surface area contributed by atoms with Crippen LogP contribution in [0.2, 0.25) is 5.28 Å². The van der Waals surface area contributed by atoms with Gasteiger partial charge in [0.1, 0.15) is 5.52 Å². The SMILES string of the molecule is CCCCCCCCC(CCO)n1cnc2c(N)nc(Cl)nc21. The summed E-state index contributed by atoms with van der Waals surface area (Å²) in [5, 5.41) is 9.50. The molecule has 23 heavy (non-hydrogen) atoms. The average molecular weight is 340 g/mol. The van der Waals surface area contributed by atoms with E-state index in [0.717, 1.165) is 12.8 Å². The summed E-state index contributed by atoms with van der Waals surface area (Å²) in [7, 11) is 0. The van der Waals surface area contributed by atoms with Crippen molar-refractivity contribution in [2.24, 2.45) is 0 Å². The van der Waals surface area contributed by atoms with E-state index in [2.05, 4.69) is 21.9 Å². The summed E-state index contributed by atoms with van der Waals surface area (Å²) in [6.45, 7) is 2.36. The molecule has 7 heteroatoms. The van der Waals surface area contributed by atoms with Crippen molar-refractivity contribution in [3.63, 3.8) is 0 Å². The molecule has 0 spiro atoms. The first-order valence-corrected chi connectivity index (χ1v) is 8.81. The highest BCUT2D eigenvalue weighted by atomic mass is 35.5. The molecule has 2 heterocycles. The Hall–Kier alpha value is -1.40. The van der Waals surface area contributed by atoms with Gasteiger partial charge in [0.15, 0.2) is 11.5 Å². The fraction of sp³-hybridized carbons (Fsp3) is 0.688. The van der Waals surface area contributed by atoms with Crippen LogP contribution in [0.15, 0.2) is 6.33 Å². The second-order valence-electron chi connectivity index (χ2n) is 5.92. The van der Waals surface area contributed by atoms with Crippen molar-refractivity contribution in [2.75, 3.05) is 12.3 Å². The summed E-state index contributed by atoms with van der Waals surface area (Å²) in [4.78, 5) is 12.5. The second kappa shape index (κ2) is 9.03. The molecule has 0 aliphatic rings. The van der Waals surface area contributed by atoms with Crippen LogP contribution in [0.5, 0.6) is 0 Å². The van der Waals surface area contributed by atoms with E-state index in [1.54, 1.807) is 6.33 Å². The van der Waals surface area contributed by atoms with E-state index in [0.29, 0.717) is 23.4 Å². The molecule has 0 aromatic carbocycles. The number of aliphatic hydroxyl groups excluding tert-OH is 1. The molecule has 0 radical (unpaired) electrons. The fourth-order valence-electron chi connectivity index (χ4n) is 2.91. The lowest BCUT2D eigenvalue weighted by atomic mass is 10.0. The third kappa shape index (κ3) is 4.78. The predicted octanol–water partition coefficient (Wildman–Crippen LogP) is 3.74. The van der Waals surface area contributed by atoms with Crippen molar-refractivity contribution in [3.8, 4) is 0 Å². The summed E-state index contributed by atoms with van der Waals surface area (Å²) in [5.41, 5.74) is 7.07. The molecule has 6 nitrogen and oxygen atoms in total. The minimum atomic E-state index is 0.124. The van der Waals surface area contributed by atoms with E-state index < -0.39 is 0 Å². The lowest BCUT2D eigenvalue weighted by Crippen LogP contribution is -2.11. The molecule has 0 saturated carbocycles. The molecular formula is C16H26ClN5O. The number of rotatable bonds is 10. The lowest BCUT2D eigenvalue weighted by molar-refractivity contribution is 0.251. The highest BCUT2D eigenvalue weighted by Gasteiger charge is 2.17. The van der Waals surface area contributed by atoms with Gasteiger partial charge in [-0.15, -0.1) is 0 Å². The molecule has 0 fully saturated rings. The summed E-state index contributed by atoms with van der Waals surface area (Å²) < 4.78 is 1.97. The van der Waals surface area contributed by atoms with Gasteiger partial charge in [-0.25, -0.2) is 4.98 Å². The Morgan fingerprint density at radius 2 is 1.91 bits per heavy atom. The summed E-state index contributed by atoms with van der Waals surface area (Å²) in [5.74, 6) is 0.293. The Bertz CT molecular complexity index is 616. The van der Waals surface area contributed by atoms with Crippen molar-refractivity contribution in [3.05, 3.63) is 11.6 Å². The Morgan fingerprint density at radius 3 is 2.65 bits per heavy atom. The van der Waals surface area contributed by atoms with Crippen molar-refractivity contribution < 1.29 is 5.11 Å². The van der Waals surface area contributed by atoms with Crippen LogP contribution in [-0.4, -0.2) is 31.2 Å². The number of halogens is 1. The zero-order chi connectivity index (χ0) is 16.7. The summed E-state index contributed by atoms with van der Waals surface area (Å²) in [6.07, 6.45) is 10.9. The van der Waals surface area contributed by atoms with Gasteiger partial charge in [-0.3, -0.25) is 0 Å². The Labute approximate surface area is 142 Å². The first kappa shape index (κ1) is 17.9. The number of hydrogen-bond donors (Lipinski definition) is 2. The number of imidazole rings is 1. The van der Waals surface area contributed by atoms with Gasteiger partial charge in [0.25, 0.3) is 0 Å². The molecular weight excluding hydrogens is 314 g/mol. The number of fused-ring (bicyclic) bond motifs is 1. The van der Waals surface area contributed by atoms with Crippen LogP contribution in [0.4, 0.5) is 5.82 Å². The quantitative estimate of drug-likeness (QED) is 0.508. The summed E-state index contributed by atoms with van der Waals surface area (Å²) in [6, 6.07) is 0.154. The molecule has 0 amide bonds. The molecule has 128 valence electrons. The van der Waals surface area contributed by atoms with Crippen molar-refractivity contribution in [1.29, 1.82) is 0 Å². The standard InChI is InChI=1S/C16H26ClN5O/c1-2-3-4-5-6-7-8-12(9-10-23)22-11-19-13-14(18)20-16(17)21-15(13)22/h11-12,23H,2-10H2,1H3,(H2,18,20,21). The van der Waals surface area contributed by atoms with Crippen LogP contribution in [0.3, 0.4) is 0 Å². The van der Waals surface area contributed by atoms with Gasteiger partial charge < -0.3 is 15.4 Å². The molecule has 0 saturated heterocycles. The van der Waals surface area contributed by atoms with Crippen LogP contribution >= 0.6 is 11.6 Å². The van der Waals surface area contributed by atoms with Crippen LogP contribution < -0.4 is 5.73 Å². The maximum Gasteiger partial charge on any atom is 0.226 e. The first-order chi connectivity index (χ1) is 11.2. The first-order valence-electron chi connectivity index (χ1n) is 8.43. The third-order valence-electron chi connectivity index (χ3n) is 4.17. The van der Waals surface area contributed by atoms with Crippen LogP contribution in [0.25, 0.3) is 11.2 Å². The fourth-order valence-corrected chi connectivity index (χ4v) is 3.08. The maximum atomic E-state index is 9.37. The van der Waals surface area contributed by atoms with E-state index in [9.17, 15) is 5.11 Å². The van der Waals surface area contributed by atoms with Crippen LogP contribution in [0.1, 0.15) is 64.3 Å². The summed E-state index contributed by atoms with van der Waals surface area (Å²) >= 11 is 5.92. The number of nitrogen functional groups attached to an aromatic ring is 1. The van der Waals surface area contributed by atoms with E-state index in [1.165, 1.54) is 32.1 Å². The molecule has 0 aliphatic carbocycles. The van der Waals surface area contributed by atoms with Crippen LogP contribution in [0, 0.1) is 0 Å². The number of aromatic nitrogens is 4. The predicted molar refractivity (Wildman–Crippen MR) is 93.5 cm³/mol. The molecule has 2 aromatic rings. The largest absolute Gasteiger partial charge is 0.396 e. The normalized spacial score (nSPS) is 12.8. The van der Waals surface area contributed by atoms with Gasteiger partial charge in [0, 0.05) is 12.6 Å². The molecule has 0 bridgehead atoms. The van der Waals surface area contributed by atoms with Crippen molar-refractivity contribution >= 4 is 28.6 Å². The monoisotopic (exact) mass is 339 g/mol. The molecule has 1 atom stereocenters. The lowest BCUT2D eigenvalue weighted by Gasteiger charge is -2.18. The highest BCUT2D eigenvalue weighted by Crippen LogP contribution is 2.26. The van der Waals surface area contributed by atoms with Crippen LogP contribution in [-0.2, 0) is 0 Å². The van der Waals surface area contributed by atoms with Crippen molar-refractivity contribution in [1.82, 2.24) is 19.5 Å². The second-order valence-corrected chi connectivity index (χ2v) is 6.26. The Morgan fingerprint density at radius 1 is 1.17 bits per heavy atom. The Balaban J connectivity index is 2.05. The van der Waals surface area contributed by atoms with Gasteiger partial charge in [0.05, 0.1) is 6.33 Å². The Kier molecular flexibility index (Phi) is 7.05.